The second-order valence-electron chi connectivity index (χ2n) is 6.89. The van der Waals surface area contributed by atoms with Crippen LogP contribution < -0.4 is 5.32 Å². The first kappa shape index (κ1) is 24.0. The van der Waals surface area contributed by atoms with Crippen LogP contribution in [0.15, 0.2) is 30.3 Å². The fourth-order valence-electron chi connectivity index (χ4n) is 3.11. The van der Waals surface area contributed by atoms with Crippen molar-refractivity contribution < 1.29 is 0 Å². The van der Waals surface area contributed by atoms with Crippen molar-refractivity contribution in [2.45, 2.75) is 96.8 Å². The Balaban J connectivity index is 0.00000529. The summed E-state index contributed by atoms with van der Waals surface area (Å²) >= 11 is 0. The van der Waals surface area contributed by atoms with Crippen LogP contribution in [-0.4, -0.2) is 36.1 Å². The third kappa shape index (κ3) is 15.5. The van der Waals surface area contributed by atoms with E-state index < -0.39 is 0 Å². The van der Waals surface area contributed by atoms with Crippen molar-refractivity contribution in [3.05, 3.63) is 30.3 Å². The van der Waals surface area contributed by atoms with Crippen LogP contribution in [-0.2, 0) is 0 Å². The van der Waals surface area contributed by atoms with Crippen molar-refractivity contribution in [2.24, 2.45) is 0 Å². The Morgan fingerprint density at radius 3 is 1.46 bits per heavy atom. The summed E-state index contributed by atoms with van der Waals surface area (Å²) in [4.78, 5) is 0. The Morgan fingerprint density at radius 2 is 1.00 bits per heavy atom. The van der Waals surface area contributed by atoms with Crippen LogP contribution in [0.3, 0.4) is 0 Å². The number of rotatable bonds is 16. The molecule has 0 heterocycles. The molecule has 1 nitrogen and oxygen atoms in total. The average molecular weight is 341 g/mol. The van der Waals surface area contributed by atoms with E-state index in [2.05, 4.69) is 42.6 Å². The number of unbranched alkanes of at least 4 members (excludes halogenated alkanes) is 13. The van der Waals surface area contributed by atoms with Crippen molar-refractivity contribution in [2.75, 3.05) is 11.9 Å². The second-order valence-corrected chi connectivity index (χ2v) is 6.89. The number of hydrogen-bond donors (Lipinski definition) is 1. The quantitative estimate of drug-likeness (QED) is 0.248. The van der Waals surface area contributed by atoms with Gasteiger partial charge in [-0.3, -0.25) is 0 Å². The monoisotopic (exact) mass is 340 g/mol. The molecule has 1 aromatic rings. The number of hydrogen-bond acceptors (Lipinski definition) is 1. The van der Waals surface area contributed by atoms with Gasteiger partial charge in [0.15, 0.2) is 0 Å². The molecule has 24 heavy (non-hydrogen) atoms. The molecule has 0 aliphatic heterocycles. The van der Waals surface area contributed by atoms with E-state index in [1.807, 2.05) is 0 Å². The molecule has 1 N–H and O–H groups in total. The molecule has 0 saturated heterocycles. The van der Waals surface area contributed by atoms with Gasteiger partial charge in [-0.2, -0.15) is 0 Å². The molecule has 0 aliphatic rings. The van der Waals surface area contributed by atoms with Crippen molar-refractivity contribution in [1.82, 2.24) is 0 Å². The van der Waals surface area contributed by atoms with Gasteiger partial charge in [0.2, 0.25) is 0 Å². The molecule has 0 unspecified atom stereocenters. The summed E-state index contributed by atoms with van der Waals surface area (Å²) in [6.45, 7) is 3.40. The maximum atomic E-state index is 3.49. The Hall–Kier alpha value is 0.0200. The first-order valence-corrected chi connectivity index (χ1v) is 10.2. The summed E-state index contributed by atoms with van der Waals surface area (Å²) in [5, 5.41) is 3.49. The van der Waals surface area contributed by atoms with E-state index in [1.165, 1.54) is 95.6 Å². The molecule has 0 atom stereocenters. The maximum Gasteiger partial charge on any atom is 0.0340 e. The molecule has 0 aromatic heterocycles. The Bertz CT molecular complexity index is 339. The summed E-state index contributed by atoms with van der Waals surface area (Å²) in [7, 11) is 0. The van der Waals surface area contributed by atoms with Gasteiger partial charge < -0.3 is 5.32 Å². The summed E-state index contributed by atoms with van der Waals surface area (Å²) in [6, 6.07) is 10.5. The van der Waals surface area contributed by atoms with E-state index in [1.54, 1.807) is 0 Å². The van der Waals surface area contributed by atoms with Gasteiger partial charge in [0, 0.05) is 41.8 Å². The molecule has 0 fully saturated rings. The van der Waals surface area contributed by atoms with Crippen LogP contribution in [0.1, 0.15) is 96.8 Å². The first-order chi connectivity index (χ1) is 11.4. The first-order valence-electron chi connectivity index (χ1n) is 10.2. The molecule has 0 saturated carbocycles. The molecule has 1 radical (unpaired) electrons. The van der Waals surface area contributed by atoms with Crippen molar-refractivity contribution in [3.63, 3.8) is 0 Å². The molecule has 1 aromatic carbocycles. The Kier molecular flexibility index (Phi) is 19.4. The molecule has 0 amide bonds. The number of benzene rings is 1. The van der Waals surface area contributed by atoms with Gasteiger partial charge in [0.1, 0.15) is 0 Å². The van der Waals surface area contributed by atoms with Crippen molar-refractivity contribution >= 4 is 35.2 Å². The minimum atomic E-state index is 0. The number of anilines is 1. The molecular weight excluding hydrogens is 301 g/mol. The van der Waals surface area contributed by atoms with E-state index in [0.717, 1.165) is 6.54 Å². The summed E-state index contributed by atoms with van der Waals surface area (Å²) in [5.74, 6) is 0. The maximum absolute atomic E-state index is 3.49. The normalized spacial score (nSPS) is 10.4. The standard InChI is InChI=1S/C22H39N.Na/c1-2-3-4-5-6-7-8-9-10-11-12-13-14-18-21-23-22-19-16-15-17-20-22;/h15-17,19-20,23H,2-14,18,21H2,1H3;. The molecular formula is C22H39NNa. The van der Waals surface area contributed by atoms with Crippen LogP contribution >= 0.6 is 0 Å². The predicted molar refractivity (Wildman–Crippen MR) is 111 cm³/mol. The smallest absolute Gasteiger partial charge is 0.0340 e. The molecule has 0 aliphatic carbocycles. The van der Waals surface area contributed by atoms with E-state index in [-0.39, 0.29) is 29.6 Å². The van der Waals surface area contributed by atoms with E-state index in [0.29, 0.717) is 0 Å². The molecule has 0 bridgehead atoms. The van der Waals surface area contributed by atoms with Crippen LogP contribution in [0.5, 0.6) is 0 Å². The summed E-state index contributed by atoms with van der Waals surface area (Å²) in [5.41, 5.74) is 1.25. The van der Waals surface area contributed by atoms with Gasteiger partial charge >= 0.3 is 0 Å². The van der Waals surface area contributed by atoms with Crippen LogP contribution in [0, 0.1) is 0 Å². The van der Waals surface area contributed by atoms with Gasteiger partial charge in [0.25, 0.3) is 0 Å². The van der Waals surface area contributed by atoms with Crippen molar-refractivity contribution in [3.8, 4) is 0 Å². The molecule has 1 rings (SSSR count). The topological polar surface area (TPSA) is 12.0 Å². The molecule has 0 spiro atoms. The fraction of sp³-hybridized carbons (Fsp3) is 0.727. The van der Waals surface area contributed by atoms with Crippen LogP contribution in [0.4, 0.5) is 5.69 Å². The van der Waals surface area contributed by atoms with Gasteiger partial charge in [-0.15, -0.1) is 0 Å². The zero-order chi connectivity index (χ0) is 16.4. The van der Waals surface area contributed by atoms with E-state index >= 15 is 0 Å². The van der Waals surface area contributed by atoms with Gasteiger partial charge in [-0.05, 0) is 18.6 Å². The zero-order valence-corrected chi connectivity index (χ0v) is 18.5. The SMILES string of the molecule is CCCCCCCCCCCCCCCCNc1ccccc1.[Na]. The van der Waals surface area contributed by atoms with Gasteiger partial charge in [-0.25, -0.2) is 0 Å². The van der Waals surface area contributed by atoms with Crippen molar-refractivity contribution in [1.29, 1.82) is 0 Å². The van der Waals surface area contributed by atoms with Gasteiger partial charge in [-0.1, -0.05) is 109 Å². The largest absolute Gasteiger partial charge is 0.385 e. The second kappa shape index (κ2) is 19.3. The minimum absolute atomic E-state index is 0. The predicted octanol–water partition coefficient (Wildman–Crippen LogP) is 7.20. The third-order valence-corrected chi connectivity index (χ3v) is 4.63. The Morgan fingerprint density at radius 1 is 0.583 bits per heavy atom. The summed E-state index contributed by atoms with van der Waals surface area (Å²) < 4.78 is 0. The van der Waals surface area contributed by atoms with Crippen LogP contribution in [0.25, 0.3) is 0 Å². The van der Waals surface area contributed by atoms with Crippen LogP contribution in [0.2, 0.25) is 0 Å². The average Bonchev–Trinajstić information content (AvgIpc) is 2.59. The zero-order valence-electron chi connectivity index (χ0n) is 16.5. The number of nitrogens with one attached hydrogen (secondary N) is 1. The minimum Gasteiger partial charge on any atom is -0.385 e. The van der Waals surface area contributed by atoms with E-state index in [4.69, 9.17) is 0 Å². The summed E-state index contributed by atoms with van der Waals surface area (Å²) in [6.07, 6.45) is 20.0. The third-order valence-electron chi connectivity index (χ3n) is 4.63. The molecule has 133 valence electrons. The van der Waals surface area contributed by atoms with E-state index in [9.17, 15) is 0 Å². The van der Waals surface area contributed by atoms with Gasteiger partial charge in [0.05, 0.1) is 0 Å². The molecule has 2 heteroatoms. The fourth-order valence-corrected chi connectivity index (χ4v) is 3.11. The Labute approximate surface area is 173 Å². The number of para-hydroxylation sites is 1.